The van der Waals surface area contributed by atoms with Crippen LogP contribution < -0.4 is 0 Å². The molecule has 1 N–H and O–H groups in total. The van der Waals surface area contributed by atoms with Gasteiger partial charge in [0.25, 0.3) is 0 Å². The Labute approximate surface area is 102 Å². The van der Waals surface area contributed by atoms with Crippen molar-refractivity contribution in [1.82, 2.24) is 0 Å². The molecule has 0 aromatic carbocycles. The fraction of sp³-hybridized carbons (Fsp3) is 0.900. The molecule has 3 nitrogen and oxygen atoms in total. The zero-order valence-corrected chi connectivity index (χ0v) is 10.1. The molecule has 0 unspecified atom stereocenters. The van der Waals surface area contributed by atoms with Crippen molar-refractivity contribution in [2.75, 3.05) is 24.7 Å². The molecule has 7 heteroatoms. The van der Waals surface area contributed by atoms with Crippen LogP contribution in [-0.2, 0) is 9.53 Å². The lowest BCUT2D eigenvalue weighted by atomic mass is 10.1. The molecule has 0 spiro atoms. The van der Waals surface area contributed by atoms with Gasteiger partial charge in [0.15, 0.2) is 0 Å². The number of halogens is 3. The number of rotatable bonds is 8. The highest BCUT2D eigenvalue weighted by Crippen LogP contribution is 2.50. The Hall–Kier alpha value is -0.430. The lowest BCUT2D eigenvalue weighted by Crippen LogP contribution is -2.18. The number of carboxylic acid groups (broad SMARTS) is 1. The van der Waals surface area contributed by atoms with Gasteiger partial charge in [-0.05, 0) is 24.0 Å². The van der Waals surface area contributed by atoms with Crippen molar-refractivity contribution in [1.29, 1.82) is 0 Å². The molecule has 1 aliphatic carbocycles. The lowest BCUT2D eigenvalue weighted by Gasteiger charge is -2.12. The van der Waals surface area contributed by atoms with E-state index < -0.39 is 18.8 Å². The predicted molar refractivity (Wildman–Crippen MR) is 58.1 cm³/mol. The largest absolute Gasteiger partial charge is 0.481 e. The fourth-order valence-electron chi connectivity index (χ4n) is 1.46. The molecule has 0 aromatic heterocycles. The fourth-order valence-corrected chi connectivity index (χ4v) is 2.67. The van der Waals surface area contributed by atoms with Gasteiger partial charge < -0.3 is 9.84 Å². The minimum absolute atomic E-state index is 0.0489. The summed E-state index contributed by atoms with van der Waals surface area (Å²) in [5.41, 5.74) is -0.111. The summed E-state index contributed by atoms with van der Waals surface area (Å²) in [6, 6.07) is 0. The number of ether oxygens (including phenoxy) is 1. The van der Waals surface area contributed by atoms with Crippen molar-refractivity contribution in [3.05, 3.63) is 0 Å². The Morgan fingerprint density at radius 1 is 1.41 bits per heavy atom. The summed E-state index contributed by atoms with van der Waals surface area (Å²) < 4.78 is 39.6. The molecular formula is C10H15F3O3S. The molecule has 0 amide bonds. The molecule has 0 atom stereocenters. The van der Waals surface area contributed by atoms with Crippen LogP contribution in [0.25, 0.3) is 0 Å². The highest BCUT2D eigenvalue weighted by Gasteiger charge is 2.43. The summed E-state index contributed by atoms with van der Waals surface area (Å²) in [6.07, 6.45) is -2.32. The van der Waals surface area contributed by atoms with Crippen LogP contribution >= 0.6 is 11.8 Å². The van der Waals surface area contributed by atoms with E-state index in [0.29, 0.717) is 11.5 Å². The Kier molecular flexibility index (Phi) is 5.12. The van der Waals surface area contributed by atoms with Gasteiger partial charge in [0, 0.05) is 5.75 Å². The number of hydrogen-bond donors (Lipinski definition) is 1. The zero-order valence-electron chi connectivity index (χ0n) is 9.26. The standard InChI is InChI=1S/C10H15F3O3S/c11-10(12,13)6-16-3-4-17-7-9(1-2-9)5-8(14)15/h1-7H2,(H,14,15). The van der Waals surface area contributed by atoms with E-state index in [9.17, 15) is 18.0 Å². The normalized spacial score (nSPS) is 18.1. The van der Waals surface area contributed by atoms with E-state index in [2.05, 4.69) is 4.74 Å². The van der Waals surface area contributed by atoms with Crippen molar-refractivity contribution in [3.63, 3.8) is 0 Å². The third-order valence-electron chi connectivity index (χ3n) is 2.53. The van der Waals surface area contributed by atoms with Gasteiger partial charge in [0.1, 0.15) is 6.61 Å². The van der Waals surface area contributed by atoms with Gasteiger partial charge in [0.2, 0.25) is 0 Å². The van der Waals surface area contributed by atoms with E-state index >= 15 is 0 Å². The summed E-state index contributed by atoms with van der Waals surface area (Å²) >= 11 is 1.46. The van der Waals surface area contributed by atoms with Crippen LogP contribution in [0.3, 0.4) is 0 Å². The minimum Gasteiger partial charge on any atom is -0.481 e. The number of thioether (sulfide) groups is 1. The third-order valence-corrected chi connectivity index (χ3v) is 3.80. The first-order valence-corrected chi connectivity index (χ1v) is 6.43. The summed E-state index contributed by atoms with van der Waals surface area (Å²) in [5.74, 6) is 0.350. The van der Waals surface area contributed by atoms with Gasteiger partial charge in [-0.25, -0.2) is 0 Å². The molecule has 0 bridgehead atoms. The van der Waals surface area contributed by atoms with Crippen LogP contribution in [0.1, 0.15) is 19.3 Å². The number of carboxylic acids is 1. The molecule has 100 valence electrons. The van der Waals surface area contributed by atoms with Crippen LogP contribution in [-0.4, -0.2) is 42.0 Å². The average Bonchev–Trinajstić information content (AvgIpc) is 2.89. The van der Waals surface area contributed by atoms with Crippen LogP contribution in [0.15, 0.2) is 0 Å². The monoisotopic (exact) mass is 272 g/mol. The van der Waals surface area contributed by atoms with Gasteiger partial charge in [-0.3, -0.25) is 4.79 Å². The van der Waals surface area contributed by atoms with E-state index in [1.807, 2.05) is 0 Å². The van der Waals surface area contributed by atoms with Gasteiger partial charge in [-0.2, -0.15) is 24.9 Å². The van der Waals surface area contributed by atoms with Gasteiger partial charge in [0.05, 0.1) is 13.0 Å². The Balaban J connectivity index is 1.99. The summed E-state index contributed by atoms with van der Waals surface area (Å²) in [6.45, 7) is -1.17. The molecule has 1 aliphatic rings. The molecule has 0 heterocycles. The van der Waals surface area contributed by atoms with Crippen molar-refractivity contribution < 1.29 is 27.8 Å². The van der Waals surface area contributed by atoms with Crippen molar-refractivity contribution in [2.45, 2.75) is 25.4 Å². The highest BCUT2D eigenvalue weighted by molar-refractivity contribution is 7.99. The molecule has 1 saturated carbocycles. The topological polar surface area (TPSA) is 46.5 Å². The predicted octanol–water partition coefficient (Wildman–Crippen LogP) is 2.55. The Bertz CT molecular complexity index is 264. The number of aliphatic carboxylic acids is 1. The van der Waals surface area contributed by atoms with Crippen LogP contribution in [0.2, 0.25) is 0 Å². The summed E-state index contributed by atoms with van der Waals surface area (Å²) in [5, 5.41) is 8.66. The maximum atomic E-state index is 11.7. The average molecular weight is 272 g/mol. The van der Waals surface area contributed by atoms with E-state index in [-0.39, 0.29) is 18.4 Å². The molecular weight excluding hydrogens is 257 g/mol. The maximum absolute atomic E-state index is 11.7. The van der Waals surface area contributed by atoms with Crippen LogP contribution in [0, 0.1) is 5.41 Å². The molecule has 1 rings (SSSR count). The quantitative estimate of drug-likeness (QED) is 0.690. The number of carbonyl (C=O) groups is 1. The summed E-state index contributed by atoms with van der Waals surface area (Å²) in [7, 11) is 0. The Morgan fingerprint density at radius 2 is 2.06 bits per heavy atom. The van der Waals surface area contributed by atoms with E-state index in [1.54, 1.807) is 0 Å². The summed E-state index contributed by atoms with van der Waals surface area (Å²) in [4.78, 5) is 10.5. The van der Waals surface area contributed by atoms with Crippen molar-refractivity contribution in [3.8, 4) is 0 Å². The first-order valence-electron chi connectivity index (χ1n) is 5.27. The zero-order chi connectivity index (χ0) is 12.9. The Morgan fingerprint density at radius 3 is 2.53 bits per heavy atom. The van der Waals surface area contributed by atoms with Crippen LogP contribution in [0.4, 0.5) is 13.2 Å². The first kappa shape index (κ1) is 14.6. The number of hydrogen-bond acceptors (Lipinski definition) is 3. The van der Waals surface area contributed by atoms with Gasteiger partial charge >= 0.3 is 12.1 Å². The van der Waals surface area contributed by atoms with E-state index in [4.69, 9.17) is 5.11 Å². The second kappa shape index (κ2) is 5.95. The van der Waals surface area contributed by atoms with Gasteiger partial charge in [-0.15, -0.1) is 0 Å². The second-order valence-corrected chi connectivity index (χ2v) is 5.40. The van der Waals surface area contributed by atoms with Crippen LogP contribution in [0.5, 0.6) is 0 Å². The maximum Gasteiger partial charge on any atom is 0.411 e. The molecule has 0 aliphatic heterocycles. The minimum atomic E-state index is -4.27. The van der Waals surface area contributed by atoms with E-state index in [0.717, 1.165) is 12.8 Å². The van der Waals surface area contributed by atoms with Gasteiger partial charge in [-0.1, -0.05) is 0 Å². The lowest BCUT2D eigenvalue weighted by molar-refractivity contribution is -0.172. The molecule has 0 saturated heterocycles. The van der Waals surface area contributed by atoms with Crippen molar-refractivity contribution >= 4 is 17.7 Å². The third kappa shape index (κ3) is 6.78. The highest BCUT2D eigenvalue weighted by atomic mass is 32.2. The molecule has 0 aromatic rings. The van der Waals surface area contributed by atoms with Crippen molar-refractivity contribution in [2.24, 2.45) is 5.41 Å². The smallest absolute Gasteiger partial charge is 0.411 e. The molecule has 0 radical (unpaired) electrons. The molecule has 1 fully saturated rings. The van der Waals surface area contributed by atoms with E-state index in [1.165, 1.54) is 11.8 Å². The molecule has 17 heavy (non-hydrogen) atoms. The number of alkyl halides is 3. The first-order chi connectivity index (χ1) is 7.83. The second-order valence-electron chi connectivity index (χ2n) is 4.29. The SMILES string of the molecule is O=C(O)CC1(CSCCOCC(F)(F)F)CC1.